The van der Waals surface area contributed by atoms with Gasteiger partial charge in [-0.3, -0.25) is 0 Å². The third-order valence-electron chi connectivity index (χ3n) is 4.35. The Morgan fingerprint density at radius 1 is 0.800 bits per heavy atom. The van der Waals surface area contributed by atoms with Gasteiger partial charge in [-0.2, -0.15) is 0 Å². The summed E-state index contributed by atoms with van der Waals surface area (Å²) in [4.78, 5) is 0.524. The lowest BCUT2D eigenvalue weighted by atomic mass is 10.1. The highest BCUT2D eigenvalue weighted by atomic mass is 32.2. The summed E-state index contributed by atoms with van der Waals surface area (Å²) in [6.45, 7) is 11.9. The Balaban J connectivity index is 2.23. The molecule has 0 unspecified atom stereocenters. The van der Waals surface area contributed by atoms with Gasteiger partial charge in [0.15, 0.2) is 9.84 Å². The van der Waals surface area contributed by atoms with Crippen molar-refractivity contribution in [2.24, 2.45) is 0 Å². The summed E-state index contributed by atoms with van der Waals surface area (Å²) in [5.41, 5.74) is 2.84. The van der Waals surface area contributed by atoms with Crippen molar-refractivity contribution >= 4 is 9.84 Å². The first-order chi connectivity index (χ1) is 11.9. The highest BCUT2D eigenvalue weighted by molar-refractivity contribution is 7.91. The second kappa shape index (κ2) is 11.7. The summed E-state index contributed by atoms with van der Waals surface area (Å²) in [7, 11) is -3.20. The van der Waals surface area contributed by atoms with E-state index in [9.17, 15) is 8.42 Å². The normalized spacial score (nSPS) is 11.8. The Morgan fingerprint density at radius 3 is 1.80 bits per heavy atom. The van der Waals surface area contributed by atoms with Gasteiger partial charge < -0.3 is 10.6 Å². The number of hydrogen-bond acceptors (Lipinski definition) is 4. The lowest BCUT2D eigenvalue weighted by molar-refractivity contribution is 0.565. The molecule has 0 atom stereocenters. The molecule has 0 saturated heterocycles. The van der Waals surface area contributed by atoms with Crippen molar-refractivity contribution < 1.29 is 8.42 Å². The number of rotatable bonds is 13. The van der Waals surface area contributed by atoms with Gasteiger partial charge in [-0.05, 0) is 83.8 Å². The number of nitrogens with one attached hydrogen (secondary N) is 2. The maximum atomic E-state index is 12.6. The van der Waals surface area contributed by atoms with E-state index in [-0.39, 0.29) is 5.75 Å². The van der Waals surface area contributed by atoms with Crippen LogP contribution in [0.25, 0.3) is 0 Å². The molecule has 1 aromatic rings. The predicted octanol–water partition coefficient (Wildman–Crippen LogP) is 3.54. The van der Waals surface area contributed by atoms with E-state index in [4.69, 9.17) is 0 Å². The fourth-order valence-electron chi connectivity index (χ4n) is 3.20. The van der Waals surface area contributed by atoms with Crippen LogP contribution in [0.4, 0.5) is 0 Å². The van der Waals surface area contributed by atoms with Crippen molar-refractivity contribution in [1.82, 2.24) is 10.6 Å². The summed E-state index contributed by atoms with van der Waals surface area (Å²) >= 11 is 0. The highest BCUT2D eigenvalue weighted by Crippen LogP contribution is 2.23. The third-order valence-corrected chi connectivity index (χ3v) is 6.44. The Labute approximate surface area is 154 Å². The molecule has 4 nitrogen and oxygen atoms in total. The molecular weight excluding hydrogens is 332 g/mol. The van der Waals surface area contributed by atoms with Crippen molar-refractivity contribution in [3.05, 3.63) is 28.8 Å². The van der Waals surface area contributed by atoms with Crippen LogP contribution in [-0.2, 0) is 9.84 Å². The minimum atomic E-state index is -3.20. The van der Waals surface area contributed by atoms with Gasteiger partial charge in [0, 0.05) is 0 Å². The van der Waals surface area contributed by atoms with E-state index >= 15 is 0 Å². The van der Waals surface area contributed by atoms with Crippen LogP contribution in [0.3, 0.4) is 0 Å². The zero-order chi connectivity index (χ0) is 18.7. The molecule has 0 aromatic heterocycles. The first-order valence-corrected chi connectivity index (χ1v) is 11.3. The van der Waals surface area contributed by atoms with Crippen LogP contribution in [0, 0.1) is 20.8 Å². The van der Waals surface area contributed by atoms with Crippen LogP contribution in [0.1, 0.15) is 55.7 Å². The number of benzene rings is 1. The molecule has 0 fully saturated rings. The van der Waals surface area contributed by atoms with Gasteiger partial charge >= 0.3 is 0 Å². The van der Waals surface area contributed by atoms with Gasteiger partial charge in [-0.15, -0.1) is 0 Å². The molecule has 0 heterocycles. The van der Waals surface area contributed by atoms with E-state index in [1.165, 1.54) is 12.8 Å². The third kappa shape index (κ3) is 8.34. The van der Waals surface area contributed by atoms with E-state index in [0.717, 1.165) is 55.7 Å². The SMILES string of the molecule is CCCCNCCCCNCCCS(=O)(=O)c1c(C)cc(C)cc1C. The van der Waals surface area contributed by atoms with Crippen molar-refractivity contribution in [1.29, 1.82) is 0 Å². The average Bonchev–Trinajstić information content (AvgIpc) is 2.51. The molecule has 0 aliphatic heterocycles. The summed E-state index contributed by atoms with van der Waals surface area (Å²) < 4.78 is 25.2. The molecule has 0 amide bonds. The summed E-state index contributed by atoms with van der Waals surface area (Å²) in [6, 6.07) is 3.90. The standard InChI is InChI=1S/C20H36N2O2S/c1-5-6-10-21-11-7-8-12-22-13-9-14-25(23,24)20-18(3)15-17(2)16-19(20)4/h15-16,21-22H,5-14H2,1-4H3. The van der Waals surface area contributed by atoms with E-state index in [2.05, 4.69) is 17.6 Å². The van der Waals surface area contributed by atoms with Crippen LogP contribution >= 0.6 is 0 Å². The maximum absolute atomic E-state index is 12.6. The predicted molar refractivity (Wildman–Crippen MR) is 107 cm³/mol. The second-order valence-corrected chi connectivity index (χ2v) is 9.01. The van der Waals surface area contributed by atoms with Crippen LogP contribution in [0.5, 0.6) is 0 Å². The van der Waals surface area contributed by atoms with Gasteiger partial charge in [-0.25, -0.2) is 8.42 Å². The number of aryl methyl sites for hydroxylation is 3. The van der Waals surface area contributed by atoms with E-state index in [1.807, 2.05) is 32.9 Å². The maximum Gasteiger partial charge on any atom is 0.178 e. The minimum Gasteiger partial charge on any atom is -0.317 e. The van der Waals surface area contributed by atoms with Gasteiger partial charge in [0.1, 0.15) is 0 Å². The Kier molecular flexibility index (Phi) is 10.3. The lowest BCUT2D eigenvalue weighted by Gasteiger charge is -2.12. The molecule has 2 N–H and O–H groups in total. The molecule has 0 saturated carbocycles. The molecule has 0 bridgehead atoms. The quantitative estimate of drug-likeness (QED) is 0.523. The fourth-order valence-corrected chi connectivity index (χ4v) is 5.03. The van der Waals surface area contributed by atoms with Gasteiger partial charge in [0.25, 0.3) is 0 Å². The molecule has 144 valence electrons. The Hall–Kier alpha value is -0.910. The molecule has 25 heavy (non-hydrogen) atoms. The number of unbranched alkanes of at least 4 members (excludes halogenated alkanes) is 2. The number of hydrogen-bond donors (Lipinski definition) is 2. The largest absolute Gasteiger partial charge is 0.317 e. The Morgan fingerprint density at radius 2 is 1.28 bits per heavy atom. The van der Waals surface area contributed by atoms with Crippen molar-refractivity contribution in [3.63, 3.8) is 0 Å². The molecule has 0 aliphatic rings. The molecule has 0 aliphatic carbocycles. The summed E-state index contributed by atoms with van der Waals surface area (Å²) in [5, 5.41) is 6.79. The molecule has 5 heteroatoms. The zero-order valence-electron chi connectivity index (χ0n) is 16.5. The van der Waals surface area contributed by atoms with Gasteiger partial charge in [0.05, 0.1) is 10.6 Å². The van der Waals surface area contributed by atoms with E-state index in [0.29, 0.717) is 11.3 Å². The highest BCUT2D eigenvalue weighted by Gasteiger charge is 2.19. The van der Waals surface area contributed by atoms with Crippen molar-refractivity contribution in [3.8, 4) is 0 Å². The molecule has 0 spiro atoms. The molecule has 0 radical (unpaired) electrons. The zero-order valence-corrected chi connectivity index (χ0v) is 17.3. The first-order valence-electron chi connectivity index (χ1n) is 9.60. The molecule has 1 rings (SSSR count). The van der Waals surface area contributed by atoms with Crippen LogP contribution in [-0.4, -0.2) is 40.3 Å². The van der Waals surface area contributed by atoms with Crippen molar-refractivity contribution in [2.75, 3.05) is 31.9 Å². The molecular formula is C20H36N2O2S. The molecule has 1 aromatic carbocycles. The summed E-state index contributed by atoms with van der Waals surface area (Å²) in [6.07, 6.45) is 5.43. The fraction of sp³-hybridized carbons (Fsp3) is 0.700. The Bertz CT molecular complexity index is 589. The number of sulfone groups is 1. The average molecular weight is 369 g/mol. The first kappa shape index (κ1) is 22.1. The van der Waals surface area contributed by atoms with Crippen LogP contribution in [0.2, 0.25) is 0 Å². The van der Waals surface area contributed by atoms with E-state index in [1.54, 1.807) is 0 Å². The smallest absolute Gasteiger partial charge is 0.178 e. The topological polar surface area (TPSA) is 58.2 Å². The van der Waals surface area contributed by atoms with E-state index < -0.39 is 9.84 Å². The minimum absolute atomic E-state index is 0.212. The monoisotopic (exact) mass is 368 g/mol. The van der Waals surface area contributed by atoms with Crippen molar-refractivity contribution in [2.45, 2.75) is 64.7 Å². The van der Waals surface area contributed by atoms with Crippen LogP contribution in [0.15, 0.2) is 17.0 Å². The van der Waals surface area contributed by atoms with Crippen LogP contribution < -0.4 is 10.6 Å². The van der Waals surface area contributed by atoms with Gasteiger partial charge in [-0.1, -0.05) is 31.0 Å². The second-order valence-electron chi connectivity index (χ2n) is 6.96. The van der Waals surface area contributed by atoms with Gasteiger partial charge in [0.2, 0.25) is 0 Å². The lowest BCUT2D eigenvalue weighted by Crippen LogP contribution is -2.22. The summed E-state index contributed by atoms with van der Waals surface area (Å²) in [5.74, 6) is 0.212.